The van der Waals surface area contributed by atoms with E-state index < -0.39 is 18.1 Å². The van der Waals surface area contributed by atoms with Gasteiger partial charge in [-0.15, -0.1) is 54.2 Å². The maximum absolute atomic E-state index is 9.72. The Labute approximate surface area is 157 Å². The van der Waals surface area contributed by atoms with Crippen molar-refractivity contribution < 1.29 is 44.2 Å². The zero-order chi connectivity index (χ0) is 9.78. The van der Waals surface area contributed by atoms with Crippen molar-refractivity contribution >= 4 is 48.0 Å². The first-order valence-electron chi connectivity index (χ1n) is 3.43. The molecule has 0 aliphatic heterocycles. The summed E-state index contributed by atoms with van der Waals surface area (Å²) >= 11 is -2.29. The smallest absolute Gasteiger partial charge is 0.484 e. The van der Waals surface area contributed by atoms with Crippen LogP contribution in [0.4, 0.5) is 6.63 Å². The van der Waals surface area contributed by atoms with Gasteiger partial charge in [-0.2, -0.15) is 36.5 Å². The molecule has 0 aliphatic carbocycles. The first kappa shape index (κ1) is 30.9. The van der Waals surface area contributed by atoms with Crippen LogP contribution in [0, 0.1) is 13.6 Å². The molecule has 0 unspecified atom stereocenters. The van der Waals surface area contributed by atoms with Gasteiger partial charge in [0.2, 0.25) is 0 Å². The van der Waals surface area contributed by atoms with Crippen LogP contribution in [0.15, 0.2) is 48.7 Å². The zero-order valence-electron chi connectivity index (χ0n) is 8.90. The second-order valence-corrected chi connectivity index (χ2v) is 2.08. The molecule has 0 bridgehead atoms. The maximum atomic E-state index is 9.72. The van der Waals surface area contributed by atoms with Gasteiger partial charge >= 0.3 is 44.2 Å². The van der Waals surface area contributed by atoms with E-state index in [-0.39, 0.29) is 74.9 Å². The minimum Gasteiger partial charge on any atom is -0.484 e. The van der Waals surface area contributed by atoms with E-state index in [1.165, 1.54) is 0 Å². The van der Waals surface area contributed by atoms with Crippen molar-refractivity contribution in [1.82, 2.24) is 4.98 Å². The summed E-state index contributed by atoms with van der Waals surface area (Å²) in [5.74, 6) is 0. The summed E-state index contributed by atoms with van der Waals surface area (Å²) in [5.41, 5.74) is 0. The van der Waals surface area contributed by atoms with Gasteiger partial charge in [0.1, 0.15) is 0 Å². The Hall–Kier alpha value is 1.20. The molecule has 1 heterocycles. The maximum Gasteiger partial charge on any atom is 2.00 e. The van der Waals surface area contributed by atoms with Crippen LogP contribution in [-0.2, 0) is 37.6 Å². The molecule has 0 atom stereocenters. The average Bonchev–Trinajstić information content (AvgIpc) is 2.85. The van der Waals surface area contributed by atoms with Gasteiger partial charge < -0.3 is 12.4 Å². The molecule has 0 spiro atoms. The number of aromatic nitrogens is 1. The standard InChI is InChI=1S/C5H5.C4H4N.CH3.2FH.2HI.2Ru/c2*1-2-4-5-3-1;;;;;;;/h1-5H;1-3,5H;1H3;4*1H;;/q3*-1;;;;;2*+2/p-2. The summed E-state index contributed by atoms with van der Waals surface area (Å²) in [6.45, 7) is 0. The molecule has 2 rings (SSSR count). The molecule has 1 nitrogen and oxygen atoms in total. The van der Waals surface area contributed by atoms with Gasteiger partial charge in [-0.1, -0.05) is 0 Å². The van der Waals surface area contributed by atoms with Gasteiger partial charge in [0.05, 0.1) is 0 Å². The second kappa shape index (κ2) is 30.3. The van der Waals surface area contributed by atoms with Crippen molar-refractivity contribution in [1.29, 1.82) is 0 Å². The zero-order valence-corrected chi connectivity index (χ0v) is 17.0. The number of hydrogen-bond donors (Lipinski definition) is 1. The van der Waals surface area contributed by atoms with Crippen LogP contribution in [0.3, 0.4) is 0 Å². The number of aromatic amines is 1. The first-order chi connectivity index (χ1) is 6.41. The van der Waals surface area contributed by atoms with Gasteiger partial charge in [-0.3, -0.25) is 0 Å². The fourth-order valence-corrected chi connectivity index (χ4v) is 0.561. The molecule has 0 saturated heterocycles. The molecule has 0 aliphatic rings. The van der Waals surface area contributed by atoms with Crippen LogP contribution >= 0.6 is 48.0 Å². The Bertz CT molecular complexity index is 182. The molecular weight excluding hydrogens is 628 g/mol. The Kier molecular flexibility index (Phi) is 55.1. The van der Waals surface area contributed by atoms with Crippen LogP contribution in [0.1, 0.15) is 0 Å². The van der Waals surface area contributed by atoms with Gasteiger partial charge in [-0.25, -0.2) is 12.1 Å². The largest absolute Gasteiger partial charge is 2.00 e. The van der Waals surface area contributed by atoms with E-state index in [9.17, 15) is 6.63 Å². The fourth-order valence-electron chi connectivity index (χ4n) is 0.561. The molecule has 17 heavy (non-hydrogen) atoms. The van der Waals surface area contributed by atoms with E-state index in [0.717, 1.165) is 0 Å². The van der Waals surface area contributed by atoms with Crippen LogP contribution in [0.5, 0.6) is 0 Å². The predicted molar refractivity (Wildman–Crippen MR) is 81.1 cm³/mol. The van der Waals surface area contributed by atoms with Crippen LogP contribution in [0.25, 0.3) is 0 Å². The van der Waals surface area contributed by atoms with E-state index in [2.05, 4.69) is 11.2 Å². The molecular formula is C10H14F2I2NRu2-. The van der Waals surface area contributed by atoms with Gasteiger partial charge in [-0.05, 0) is 0 Å². The fraction of sp³-hybridized carbons (Fsp3) is 0. The normalized spacial score (nSPS) is 6.00. The third-order valence-corrected chi connectivity index (χ3v) is 0.998. The molecule has 2 aromatic rings. The van der Waals surface area contributed by atoms with E-state index in [4.69, 9.17) is 0 Å². The SMILES string of the molecule is I.I.[CH3-].[F][Ru][F].[Ru+2].[c-]1ccc[nH]1.c1cc[cH-]c1. The number of H-pyrrole nitrogens is 1. The summed E-state index contributed by atoms with van der Waals surface area (Å²) in [4.78, 5) is 2.74. The third kappa shape index (κ3) is 31.7. The quantitative estimate of drug-likeness (QED) is 0.243. The summed E-state index contributed by atoms with van der Waals surface area (Å²) in [6, 6.07) is 13.7. The Morgan fingerprint density at radius 3 is 1.65 bits per heavy atom. The summed E-state index contributed by atoms with van der Waals surface area (Å²) in [7, 11) is 0. The molecule has 0 saturated carbocycles. The number of rotatable bonds is 0. The minimum absolute atomic E-state index is 0. The molecule has 1 aromatic carbocycles. The Morgan fingerprint density at radius 2 is 1.53 bits per heavy atom. The monoisotopic (exact) mass is 644 g/mol. The number of halogens is 4. The first-order valence-corrected chi connectivity index (χ1v) is 4.74. The van der Waals surface area contributed by atoms with Crippen LogP contribution in [-0.4, -0.2) is 4.98 Å². The summed E-state index contributed by atoms with van der Waals surface area (Å²) < 4.78 is 19.4. The molecule has 0 amide bonds. The van der Waals surface area contributed by atoms with E-state index in [1.54, 1.807) is 0 Å². The van der Waals surface area contributed by atoms with E-state index in [0.29, 0.717) is 0 Å². The predicted octanol–water partition coefficient (Wildman–Crippen LogP) is 4.74. The van der Waals surface area contributed by atoms with Crippen molar-refractivity contribution in [2.75, 3.05) is 0 Å². The topological polar surface area (TPSA) is 15.8 Å². The van der Waals surface area contributed by atoms with Gasteiger partial charge in [0.15, 0.2) is 0 Å². The average molecular weight is 642 g/mol. The molecule has 7 heteroatoms. The third-order valence-electron chi connectivity index (χ3n) is 0.998. The number of nitrogens with one attached hydrogen (secondary N) is 1. The van der Waals surface area contributed by atoms with Crippen molar-refractivity contribution in [2.24, 2.45) is 0 Å². The van der Waals surface area contributed by atoms with Gasteiger partial charge in [0, 0.05) is 0 Å². The summed E-state index contributed by atoms with van der Waals surface area (Å²) in [6.07, 6.45) is 4.56. The Morgan fingerprint density at radius 1 is 1.06 bits per heavy atom. The van der Waals surface area contributed by atoms with Crippen LogP contribution < -0.4 is 0 Å². The van der Waals surface area contributed by atoms with E-state index >= 15 is 0 Å². The van der Waals surface area contributed by atoms with Crippen molar-refractivity contribution in [3.63, 3.8) is 0 Å². The van der Waals surface area contributed by atoms with E-state index in [1.807, 2.05) is 48.7 Å². The molecule has 1 aromatic heterocycles. The van der Waals surface area contributed by atoms with Crippen molar-refractivity contribution in [2.45, 2.75) is 0 Å². The molecule has 104 valence electrons. The summed E-state index contributed by atoms with van der Waals surface area (Å²) in [5, 5.41) is 0. The molecule has 0 fully saturated rings. The second-order valence-electron chi connectivity index (χ2n) is 1.83. The number of hydrogen-bond acceptors (Lipinski definition) is 0. The van der Waals surface area contributed by atoms with Crippen molar-refractivity contribution in [3.8, 4) is 0 Å². The molecule has 0 radical (unpaired) electrons. The molecule has 1 N–H and O–H groups in total. The van der Waals surface area contributed by atoms with Gasteiger partial charge in [0.25, 0.3) is 0 Å². The Balaban J connectivity index is -0.0000000390. The van der Waals surface area contributed by atoms with Crippen molar-refractivity contribution in [3.05, 3.63) is 62.3 Å². The van der Waals surface area contributed by atoms with Crippen LogP contribution in [0.2, 0.25) is 0 Å². The minimum atomic E-state index is -2.29.